The number of allylic oxidation sites excluding steroid dienone is 2. The average molecular weight is 376 g/mol. The highest BCUT2D eigenvalue weighted by molar-refractivity contribution is 7.89. The maximum atomic E-state index is 12.6. The number of rotatable bonds is 5. The molecule has 1 aliphatic heterocycles. The van der Waals surface area contributed by atoms with Crippen LogP contribution in [0.4, 0.5) is 11.4 Å². The minimum atomic E-state index is -3.69. The largest absolute Gasteiger partial charge is 0.295 e. The molecule has 1 saturated carbocycles. The van der Waals surface area contributed by atoms with Crippen molar-refractivity contribution in [3.05, 3.63) is 40.5 Å². The lowest BCUT2D eigenvalue weighted by atomic mass is 9.74. The van der Waals surface area contributed by atoms with Crippen molar-refractivity contribution in [1.29, 1.82) is 0 Å². The van der Waals surface area contributed by atoms with Gasteiger partial charge in [-0.2, -0.15) is 9.41 Å². The third-order valence-corrected chi connectivity index (χ3v) is 7.25. The molecule has 0 unspecified atom stereocenters. The number of nitrogens with one attached hydrogen (secondary N) is 1. The van der Waals surface area contributed by atoms with E-state index in [4.69, 9.17) is 0 Å². The highest BCUT2D eigenvalue weighted by Gasteiger charge is 2.38. The first kappa shape index (κ1) is 17.2. The maximum Gasteiger partial charge on any atom is 0.295 e. The first-order valence-corrected chi connectivity index (χ1v) is 10.2. The number of nitrogens with zero attached hydrogens (tertiary/aromatic N) is 3. The van der Waals surface area contributed by atoms with E-state index in [1.165, 1.54) is 16.4 Å². The Balaban J connectivity index is 1.58. The Bertz CT molecular complexity index is 903. The molecule has 138 valence electrons. The fraction of sp³-hybridized carbons (Fsp3) is 0.471. The molecule has 2 atom stereocenters. The molecule has 1 N–H and O–H groups in total. The number of sulfonamides is 1. The summed E-state index contributed by atoms with van der Waals surface area (Å²) in [5, 5.41) is 15.7. The summed E-state index contributed by atoms with van der Waals surface area (Å²) in [7, 11) is -3.69. The van der Waals surface area contributed by atoms with E-state index in [1.807, 2.05) is 0 Å². The molecular weight excluding hydrogens is 356 g/mol. The van der Waals surface area contributed by atoms with Crippen LogP contribution in [0, 0.1) is 22.0 Å². The van der Waals surface area contributed by atoms with Gasteiger partial charge in [-0.15, -0.1) is 0 Å². The zero-order chi connectivity index (χ0) is 18.3. The average Bonchev–Trinajstić information content (AvgIpc) is 3.25. The summed E-state index contributed by atoms with van der Waals surface area (Å²) in [6.45, 7) is 0.917. The van der Waals surface area contributed by atoms with Crippen LogP contribution in [-0.4, -0.2) is 36.4 Å². The van der Waals surface area contributed by atoms with Crippen LogP contribution < -0.4 is 5.43 Å². The van der Waals surface area contributed by atoms with Crippen LogP contribution in [0.15, 0.2) is 40.3 Å². The third kappa shape index (κ3) is 2.90. The molecule has 2 fully saturated rings. The summed E-state index contributed by atoms with van der Waals surface area (Å²) in [4.78, 5) is 10.8. The van der Waals surface area contributed by atoms with Crippen molar-refractivity contribution < 1.29 is 13.3 Å². The first-order chi connectivity index (χ1) is 12.5. The van der Waals surface area contributed by atoms with Crippen LogP contribution in [0.1, 0.15) is 25.7 Å². The van der Waals surface area contributed by atoms with Gasteiger partial charge in [-0.05, 0) is 43.7 Å². The number of hydrogen-bond acceptors (Lipinski definition) is 6. The number of nitro groups is 1. The quantitative estimate of drug-likeness (QED) is 0.483. The molecule has 0 amide bonds. The molecular formula is C17H20N4O4S. The molecule has 8 nitrogen and oxygen atoms in total. The van der Waals surface area contributed by atoms with Crippen LogP contribution in [-0.2, 0) is 10.0 Å². The fourth-order valence-electron chi connectivity index (χ4n) is 3.79. The Hall–Kier alpha value is -2.26. The van der Waals surface area contributed by atoms with Crippen molar-refractivity contribution in [2.75, 3.05) is 18.5 Å². The smallest absolute Gasteiger partial charge is 0.272 e. The molecule has 0 aromatic heterocycles. The summed E-state index contributed by atoms with van der Waals surface area (Å²) in [6.07, 6.45) is 7.77. The summed E-state index contributed by atoms with van der Waals surface area (Å²) < 4.78 is 26.6. The molecule has 1 saturated heterocycles. The van der Waals surface area contributed by atoms with Gasteiger partial charge in [-0.25, -0.2) is 8.42 Å². The second kappa shape index (κ2) is 6.48. The van der Waals surface area contributed by atoms with E-state index < -0.39 is 14.9 Å². The molecule has 3 aliphatic rings. The van der Waals surface area contributed by atoms with Crippen LogP contribution in [0.3, 0.4) is 0 Å². The van der Waals surface area contributed by atoms with E-state index in [-0.39, 0.29) is 16.3 Å². The van der Waals surface area contributed by atoms with Gasteiger partial charge in [0.15, 0.2) is 0 Å². The van der Waals surface area contributed by atoms with E-state index in [2.05, 4.69) is 22.7 Å². The molecule has 9 heteroatoms. The normalized spacial score (nSPS) is 26.7. The van der Waals surface area contributed by atoms with E-state index in [0.717, 1.165) is 37.5 Å². The van der Waals surface area contributed by atoms with Crippen molar-refractivity contribution in [2.45, 2.75) is 30.6 Å². The summed E-state index contributed by atoms with van der Waals surface area (Å²) >= 11 is 0. The highest BCUT2D eigenvalue weighted by Crippen LogP contribution is 2.40. The zero-order valence-electron chi connectivity index (χ0n) is 14.2. The summed E-state index contributed by atoms with van der Waals surface area (Å²) in [5.74, 6) is 0.940. The number of hydrogen-bond donors (Lipinski definition) is 1. The summed E-state index contributed by atoms with van der Waals surface area (Å²) in [6, 6.07) is 3.95. The lowest BCUT2D eigenvalue weighted by molar-refractivity contribution is -0.384. The van der Waals surface area contributed by atoms with Gasteiger partial charge in [0.2, 0.25) is 10.0 Å². The van der Waals surface area contributed by atoms with E-state index in [1.54, 1.807) is 0 Å². The fourth-order valence-corrected chi connectivity index (χ4v) is 5.33. The molecule has 0 bridgehead atoms. The summed E-state index contributed by atoms with van der Waals surface area (Å²) in [5.41, 5.74) is 3.69. The molecule has 0 spiro atoms. The predicted octanol–water partition coefficient (Wildman–Crippen LogP) is 2.74. The van der Waals surface area contributed by atoms with Crippen molar-refractivity contribution in [2.24, 2.45) is 16.9 Å². The van der Waals surface area contributed by atoms with Gasteiger partial charge >= 0.3 is 0 Å². The molecule has 26 heavy (non-hydrogen) atoms. The SMILES string of the molecule is O=[N+]([O-])c1cc(S(=O)(=O)N2CCCC2)ccc1N/N=C1/C[C@@H]2C=CC[C@@H]12. The van der Waals surface area contributed by atoms with Crippen LogP contribution in [0.5, 0.6) is 0 Å². The van der Waals surface area contributed by atoms with E-state index >= 15 is 0 Å². The Morgan fingerprint density at radius 1 is 1.27 bits per heavy atom. The molecule has 1 aromatic carbocycles. The Morgan fingerprint density at radius 3 is 2.73 bits per heavy atom. The Kier molecular flexibility index (Phi) is 4.28. The molecule has 4 rings (SSSR count). The number of benzene rings is 1. The van der Waals surface area contributed by atoms with E-state index in [0.29, 0.717) is 24.9 Å². The standard InChI is InChI=1S/C17H20N4O4S/c22-21(23)17-11-13(26(24,25)20-8-1-2-9-20)6-7-15(17)18-19-16-10-12-4-3-5-14(12)16/h3-4,6-7,11-12,14,18H,1-2,5,8-10H2/b19-16-/t12-,14+/m0/s1. The minimum absolute atomic E-state index is 0.0481. The van der Waals surface area contributed by atoms with Crippen LogP contribution in [0.2, 0.25) is 0 Å². The zero-order valence-corrected chi connectivity index (χ0v) is 15.0. The first-order valence-electron chi connectivity index (χ1n) is 8.74. The van der Waals surface area contributed by atoms with Crippen LogP contribution >= 0.6 is 0 Å². The number of fused-ring (bicyclic) bond motifs is 1. The van der Waals surface area contributed by atoms with Crippen molar-refractivity contribution in [3.8, 4) is 0 Å². The second-order valence-corrected chi connectivity index (χ2v) is 8.84. The number of nitro benzene ring substituents is 1. The lowest BCUT2D eigenvalue weighted by Crippen LogP contribution is -2.33. The Labute approximate surface area is 151 Å². The third-order valence-electron chi connectivity index (χ3n) is 5.35. The van der Waals surface area contributed by atoms with E-state index in [9.17, 15) is 18.5 Å². The minimum Gasteiger partial charge on any atom is -0.272 e. The monoisotopic (exact) mass is 376 g/mol. The lowest BCUT2D eigenvalue weighted by Gasteiger charge is -2.31. The highest BCUT2D eigenvalue weighted by atomic mass is 32.2. The molecule has 0 radical (unpaired) electrons. The molecule has 1 aromatic rings. The van der Waals surface area contributed by atoms with Crippen LogP contribution in [0.25, 0.3) is 0 Å². The Morgan fingerprint density at radius 2 is 2.04 bits per heavy atom. The van der Waals surface area contributed by atoms with Gasteiger partial charge in [-0.3, -0.25) is 15.5 Å². The van der Waals surface area contributed by atoms with Gasteiger partial charge in [0.1, 0.15) is 5.69 Å². The molecule has 1 heterocycles. The van der Waals surface area contributed by atoms with Crippen molar-refractivity contribution in [3.63, 3.8) is 0 Å². The predicted molar refractivity (Wildman–Crippen MR) is 97.5 cm³/mol. The van der Waals surface area contributed by atoms with Crippen molar-refractivity contribution in [1.82, 2.24) is 4.31 Å². The maximum absolute atomic E-state index is 12.6. The number of hydrazone groups is 1. The van der Waals surface area contributed by atoms with Crippen molar-refractivity contribution >= 4 is 27.1 Å². The van der Waals surface area contributed by atoms with Gasteiger partial charge in [0.25, 0.3) is 5.69 Å². The van der Waals surface area contributed by atoms with Gasteiger partial charge in [0.05, 0.1) is 9.82 Å². The molecule has 2 aliphatic carbocycles. The van der Waals surface area contributed by atoms with Gasteiger partial charge in [0, 0.05) is 30.8 Å². The topological polar surface area (TPSA) is 105 Å². The van der Waals surface area contributed by atoms with Gasteiger partial charge < -0.3 is 0 Å². The van der Waals surface area contributed by atoms with Gasteiger partial charge in [-0.1, -0.05) is 12.2 Å². The second-order valence-electron chi connectivity index (χ2n) is 6.90. The number of anilines is 1.